The van der Waals surface area contributed by atoms with Crippen molar-refractivity contribution < 1.29 is 0 Å². The molecule has 0 aliphatic heterocycles. The van der Waals surface area contributed by atoms with Crippen LogP contribution in [-0.2, 0) is 5.41 Å². The first-order valence-corrected chi connectivity index (χ1v) is 6.08. The third kappa shape index (κ3) is 1.77. The van der Waals surface area contributed by atoms with E-state index in [1.165, 1.54) is 17.4 Å². The van der Waals surface area contributed by atoms with Crippen molar-refractivity contribution in [2.45, 2.75) is 44.9 Å². The Balaban J connectivity index is 2.21. The molecular weight excluding hydrogens is 214 g/mol. The molecule has 1 fully saturated rings. The highest BCUT2D eigenvalue weighted by molar-refractivity contribution is 5.42. The number of hydrogen-bond acceptors (Lipinski definition) is 2. The van der Waals surface area contributed by atoms with Crippen LogP contribution in [0.25, 0.3) is 5.65 Å². The third-order valence-electron chi connectivity index (χ3n) is 3.27. The van der Waals surface area contributed by atoms with Gasteiger partial charge in [0.05, 0.1) is 5.69 Å². The van der Waals surface area contributed by atoms with E-state index in [0.29, 0.717) is 5.92 Å². The van der Waals surface area contributed by atoms with E-state index < -0.39 is 0 Å². The lowest BCUT2D eigenvalue weighted by atomic mass is 9.93. The number of fused-ring (bicyclic) bond motifs is 1. The molecule has 0 saturated heterocycles. The molecule has 1 aliphatic rings. The summed E-state index contributed by atoms with van der Waals surface area (Å²) < 4.78 is 1.53. The van der Waals surface area contributed by atoms with Gasteiger partial charge < -0.3 is 0 Å². The highest BCUT2D eigenvalue weighted by atomic mass is 16.1. The van der Waals surface area contributed by atoms with Crippen LogP contribution in [0.3, 0.4) is 0 Å². The second-order valence-corrected chi connectivity index (χ2v) is 5.91. The largest absolute Gasteiger partial charge is 0.293 e. The van der Waals surface area contributed by atoms with Crippen molar-refractivity contribution in [2.75, 3.05) is 0 Å². The average Bonchev–Trinajstić information content (AvgIpc) is 2.96. The molecule has 90 valence electrons. The monoisotopic (exact) mass is 231 g/mol. The van der Waals surface area contributed by atoms with Gasteiger partial charge in [-0.2, -0.15) is 0 Å². The van der Waals surface area contributed by atoms with Crippen LogP contribution in [0.1, 0.15) is 50.9 Å². The van der Waals surface area contributed by atoms with E-state index in [9.17, 15) is 4.79 Å². The summed E-state index contributed by atoms with van der Waals surface area (Å²) in [5.74, 6) is 0.515. The van der Waals surface area contributed by atoms with Crippen molar-refractivity contribution in [2.24, 2.45) is 0 Å². The molecule has 2 aromatic rings. The molecule has 0 amide bonds. The first-order valence-electron chi connectivity index (χ1n) is 6.08. The van der Waals surface area contributed by atoms with Crippen molar-refractivity contribution in [3.63, 3.8) is 0 Å². The highest BCUT2D eigenvalue weighted by Gasteiger charge is 2.26. The van der Waals surface area contributed by atoms with E-state index in [2.05, 4.69) is 30.9 Å². The average molecular weight is 231 g/mol. The first-order chi connectivity index (χ1) is 7.95. The summed E-state index contributed by atoms with van der Waals surface area (Å²) in [6.07, 6.45) is 2.33. The minimum atomic E-state index is -0.00704. The number of nitrogens with zero attached hydrogens (tertiary/aromatic N) is 2. The maximum atomic E-state index is 12.0. The van der Waals surface area contributed by atoms with Gasteiger partial charge in [-0.1, -0.05) is 20.8 Å². The molecular formula is C13H17N3O. The fourth-order valence-corrected chi connectivity index (χ4v) is 1.98. The van der Waals surface area contributed by atoms with Gasteiger partial charge in [-0.3, -0.25) is 9.89 Å². The zero-order valence-electron chi connectivity index (χ0n) is 10.4. The lowest BCUT2D eigenvalue weighted by molar-refractivity contribution is 0.561. The predicted octanol–water partition coefficient (Wildman–Crippen LogP) is 2.20. The zero-order valence-corrected chi connectivity index (χ0v) is 10.4. The molecule has 4 nitrogen and oxygen atoms in total. The van der Waals surface area contributed by atoms with Crippen molar-refractivity contribution in [3.8, 4) is 0 Å². The lowest BCUT2D eigenvalue weighted by Gasteiger charge is -2.14. The Hall–Kier alpha value is -1.58. The fourth-order valence-electron chi connectivity index (χ4n) is 1.98. The quantitative estimate of drug-likeness (QED) is 0.818. The van der Waals surface area contributed by atoms with Crippen molar-refractivity contribution in [1.29, 1.82) is 0 Å². The van der Waals surface area contributed by atoms with Gasteiger partial charge in [0, 0.05) is 29.2 Å². The normalized spacial score (nSPS) is 16.6. The van der Waals surface area contributed by atoms with Gasteiger partial charge in [-0.05, 0) is 12.8 Å². The van der Waals surface area contributed by atoms with E-state index in [-0.39, 0.29) is 11.0 Å². The summed E-state index contributed by atoms with van der Waals surface area (Å²) in [5, 5.41) is 3.13. The van der Waals surface area contributed by atoms with Crippen LogP contribution in [0.4, 0.5) is 0 Å². The minimum Gasteiger partial charge on any atom is -0.293 e. The van der Waals surface area contributed by atoms with Crippen LogP contribution < -0.4 is 5.56 Å². The molecule has 3 rings (SSSR count). The summed E-state index contributed by atoms with van der Waals surface area (Å²) in [7, 11) is 0. The molecule has 0 atom stereocenters. The fraction of sp³-hybridized carbons (Fsp3) is 0.538. The van der Waals surface area contributed by atoms with Gasteiger partial charge in [0.2, 0.25) is 0 Å². The van der Waals surface area contributed by atoms with Crippen LogP contribution >= 0.6 is 0 Å². The Kier molecular flexibility index (Phi) is 2.00. The van der Waals surface area contributed by atoms with E-state index in [1.54, 1.807) is 6.07 Å². The molecule has 1 aliphatic carbocycles. The van der Waals surface area contributed by atoms with Gasteiger partial charge in [0.25, 0.3) is 5.56 Å². The Morgan fingerprint density at radius 2 is 2.06 bits per heavy atom. The molecule has 17 heavy (non-hydrogen) atoms. The molecule has 2 aromatic heterocycles. The number of hydrogen-bond donors (Lipinski definition) is 1. The maximum Gasteiger partial charge on any atom is 0.272 e. The number of aromatic nitrogens is 3. The molecule has 0 unspecified atom stereocenters. The van der Waals surface area contributed by atoms with E-state index >= 15 is 0 Å². The molecule has 0 bridgehead atoms. The van der Waals surface area contributed by atoms with Crippen molar-refractivity contribution in [1.82, 2.24) is 14.6 Å². The molecule has 0 spiro atoms. The molecule has 1 saturated carbocycles. The number of H-pyrrole nitrogens is 1. The molecule has 4 heteroatoms. The van der Waals surface area contributed by atoms with Crippen LogP contribution in [0.2, 0.25) is 0 Å². The Labute approximate surface area is 99.7 Å². The summed E-state index contributed by atoms with van der Waals surface area (Å²) in [4.78, 5) is 16.5. The van der Waals surface area contributed by atoms with Gasteiger partial charge in [0.1, 0.15) is 0 Å². The maximum absolute atomic E-state index is 12.0. The number of aromatic amines is 1. The van der Waals surface area contributed by atoms with Crippen LogP contribution in [0.15, 0.2) is 16.9 Å². The Bertz CT molecular complexity index is 626. The third-order valence-corrected chi connectivity index (χ3v) is 3.27. The van der Waals surface area contributed by atoms with E-state index in [0.717, 1.165) is 17.0 Å². The van der Waals surface area contributed by atoms with E-state index in [4.69, 9.17) is 0 Å². The smallest absolute Gasteiger partial charge is 0.272 e. The molecule has 0 aromatic carbocycles. The highest BCUT2D eigenvalue weighted by Crippen LogP contribution is 2.38. The summed E-state index contributed by atoms with van der Waals surface area (Å²) in [6, 6.07) is 3.64. The Morgan fingerprint density at radius 1 is 1.35 bits per heavy atom. The van der Waals surface area contributed by atoms with Gasteiger partial charge in [-0.15, -0.1) is 0 Å². The van der Waals surface area contributed by atoms with Crippen LogP contribution in [-0.4, -0.2) is 14.6 Å². The Morgan fingerprint density at radius 3 is 2.65 bits per heavy atom. The second kappa shape index (κ2) is 3.22. The second-order valence-electron chi connectivity index (χ2n) is 5.91. The molecule has 1 N–H and O–H groups in total. The van der Waals surface area contributed by atoms with Gasteiger partial charge in [0.15, 0.2) is 5.65 Å². The topological polar surface area (TPSA) is 50.2 Å². The SMILES string of the molecule is CC(C)(C)c1cc2nc(C3CC3)cc(=O)n2[nH]1. The lowest BCUT2D eigenvalue weighted by Crippen LogP contribution is -2.17. The van der Waals surface area contributed by atoms with Crippen molar-refractivity contribution >= 4 is 5.65 Å². The van der Waals surface area contributed by atoms with E-state index in [1.807, 2.05) is 6.07 Å². The minimum absolute atomic E-state index is 0.000115. The number of nitrogens with one attached hydrogen (secondary N) is 1. The molecule has 2 heterocycles. The van der Waals surface area contributed by atoms with Crippen LogP contribution in [0, 0.1) is 0 Å². The summed E-state index contributed by atoms with van der Waals surface area (Å²) in [5.41, 5.74) is 2.72. The predicted molar refractivity (Wildman–Crippen MR) is 66.5 cm³/mol. The van der Waals surface area contributed by atoms with Crippen molar-refractivity contribution in [3.05, 3.63) is 33.9 Å². The molecule has 0 radical (unpaired) electrons. The first kappa shape index (κ1) is 10.6. The summed E-state index contributed by atoms with van der Waals surface area (Å²) >= 11 is 0. The van der Waals surface area contributed by atoms with Gasteiger partial charge >= 0.3 is 0 Å². The van der Waals surface area contributed by atoms with Crippen LogP contribution in [0.5, 0.6) is 0 Å². The standard InChI is InChI=1S/C13H17N3O/c1-13(2,3)10-7-11-14-9(8-4-5-8)6-12(17)16(11)15-10/h6-8,15H,4-5H2,1-3H3. The summed E-state index contributed by atoms with van der Waals surface area (Å²) in [6.45, 7) is 6.35. The zero-order chi connectivity index (χ0) is 12.2. The number of rotatable bonds is 1. The van der Waals surface area contributed by atoms with Gasteiger partial charge in [-0.25, -0.2) is 9.50 Å².